The molecule has 2 aromatic carbocycles. The van der Waals surface area contributed by atoms with Crippen molar-refractivity contribution in [3.05, 3.63) is 76.7 Å². The molecule has 0 bridgehead atoms. The van der Waals surface area contributed by atoms with Gasteiger partial charge in [0.2, 0.25) is 5.88 Å². The molecule has 2 N–H and O–H groups in total. The Hall–Kier alpha value is -3.68. The first kappa shape index (κ1) is 20.1. The molecule has 0 fully saturated rings. The van der Waals surface area contributed by atoms with Gasteiger partial charge >= 0.3 is 5.97 Å². The predicted octanol–water partition coefficient (Wildman–Crippen LogP) is 3.85. The molecular formula is C21H20FN3O4. The van der Waals surface area contributed by atoms with E-state index in [1.165, 1.54) is 35.0 Å². The van der Waals surface area contributed by atoms with Gasteiger partial charge in [-0.3, -0.25) is 4.79 Å². The molecule has 8 heteroatoms. The van der Waals surface area contributed by atoms with Gasteiger partial charge in [-0.15, -0.1) is 0 Å². The van der Waals surface area contributed by atoms with E-state index in [4.69, 9.17) is 9.84 Å². The highest BCUT2D eigenvalue weighted by molar-refractivity contribution is 5.98. The Morgan fingerprint density at radius 1 is 1.21 bits per heavy atom. The number of hydrogen-bond donors (Lipinski definition) is 2. The maximum Gasteiger partial charge on any atom is 0.335 e. The molecule has 3 rings (SSSR count). The molecule has 150 valence electrons. The molecule has 0 aliphatic rings. The maximum absolute atomic E-state index is 13.5. The van der Waals surface area contributed by atoms with Crippen LogP contribution in [0.3, 0.4) is 0 Å². The van der Waals surface area contributed by atoms with Crippen LogP contribution in [-0.2, 0) is 7.05 Å². The highest BCUT2D eigenvalue weighted by atomic mass is 19.1. The van der Waals surface area contributed by atoms with E-state index in [0.717, 1.165) is 5.56 Å². The second-order valence-corrected chi connectivity index (χ2v) is 6.57. The second-order valence-electron chi connectivity index (χ2n) is 6.57. The van der Waals surface area contributed by atoms with Crippen molar-refractivity contribution < 1.29 is 23.8 Å². The Labute approximate surface area is 166 Å². The summed E-state index contributed by atoms with van der Waals surface area (Å²) in [6, 6.07) is 11.5. The Kier molecular flexibility index (Phi) is 5.63. The zero-order valence-electron chi connectivity index (χ0n) is 16.1. The third kappa shape index (κ3) is 4.43. The van der Waals surface area contributed by atoms with E-state index in [1.54, 1.807) is 39.1 Å². The highest BCUT2D eigenvalue weighted by Gasteiger charge is 2.24. The van der Waals surface area contributed by atoms with E-state index in [2.05, 4.69) is 10.4 Å². The number of aromatic nitrogens is 2. The number of amides is 1. The van der Waals surface area contributed by atoms with Crippen LogP contribution >= 0.6 is 0 Å². The standard InChI is InChI=1S/C21H20FN3O4/c1-12(14-7-9-15(10-8-14)21(27)28)23-19(26)18-13(2)24-25(3)20(18)29-17-6-4-5-16(22)11-17/h4-12H,1-3H3,(H,23,26)(H,27,28). The van der Waals surface area contributed by atoms with Gasteiger partial charge in [0.1, 0.15) is 17.1 Å². The summed E-state index contributed by atoms with van der Waals surface area (Å²) < 4.78 is 20.6. The second kappa shape index (κ2) is 8.14. The number of rotatable bonds is 6. The summed E-state index contributed by atoms with van der Waals surface area (Å²) in [6.07, 6.45) is 0. The summed E-state index contributed by atoms with van der Waals surface area (Å²) >= 11 is 0. The summed E-state index contributed by atoms with van der Waals surface area (Å²) in [5, 5.41) is 16.1. The van der Waals surface area contributed by atoms with Crippen molar-refractivity contribution in [1.82, 2.24) is 15.1 Å². The van der Waals surface area contributed by atoms with E-state index in [-0.39, 0.29) is 28.8 Å². The van der Waals surface area contributed by atoms with E-state index in [0.29, 0.717) is 5.69 Å². The molecule has 1 unspecified atom stereocenters. The lowest BCUT2D eigenvalue weighted by Crippen LogP contribution is -2.27. The van der Waals surface area contributed by atoms with Crippen molar-refractivity contribution >= 4 is 11.9 Å². The number of carboxylic acid groups (broad SMARTS) is 1. The van der Waals surface area contributed by atoms with E-state index < -0.39 is 17.7 Å². The van der Waals surface area contributed by atoms with Gasteiger partial charge in [-0.2, -0.15) is 5.10 Å². The van der Waals surface area contributed by atoms with Crippen molar-refractivity contribution in [2.45, 2.75) is 19.9 Å². The number of halogens is 1. The fourth-order valence-corrected chi connectivity index (χ4v) is 2.92. The monoisotopic (exact) mass is 397 g/mol. The number of hydrogen-bond acceptors (Lipinski definition) is 4. The zero-order chi connectivity index (χ0) is 21.1. The van der Waals surface area contributed by atoms with E-state index in [1.807, 2.05) is 0 Å². The van der Waals surface area contributed by atoms with Crippen LogP contribution in [0.4, 0.5) is 4.39 Å². The van der Waals surface area contributed by atoms with Crippen molar-refractivity contribution in [3.63, 3.8) is 0 Å². The Balaban J connectivity index is 1.82. The Morgan fingerprint density at radius 2 is 1.90 bits per heavy atom. The average Bonchev–Trinajstić information content (AvgIpc) is 2.95. The summed E-state index contributed by atoms with van der Waals surface area (Å²) in [6.45, 7) is 3.46. The number of carboxylic acids is 1. The molecule has 0 spiro atoms. The zero-order valence-corrected chi connectivity index (χ0v) is 16.1. The minimum Gasteiger partial charge on any atom is -0.478 e. The molecule has 0 aliphatic heterocycles. The first-order valence-corrected chi connectivity index (χ1v) is 8.87. The third-order valence-corrected chi connectivity index (χ3v) is 4.41. The molecule has 29 heavy (non-hydrogen) atoms. The lowest BCUT2D eigenvalue weighted by atomic mass is 10.1. The number of nitrogens with zero attached hydrogens (tertiary/aromatic N) is 2. The van der Waals surface area contributed by atoms with Crippen molar-refractivity contribution in [1.29, 1.82) is 0 Å². The van der Waals surface area contributed by atoms with Crippen molar-refractivity contribution in [2.24, 2.45) is 7.05 Å². The molecular weight excluding hydrogens is 377 g/mol. The number of nitrogens with one attached hydrogen (secondary N) is 1. The van der Waals surface area contributed by atoms with Gasteiger partial charge in [-0.05, 0) is 43.7 Å². The smallest absolute Gasteiger partial charge is 0.335 e. The first-order valence-electron chi connectivity index (χ1n) is 8.87. The van der Waals surface area contributed by atoms with Crippen molar-refractivity contribution in [2.75, 3.05) is 0 Å². The van der Waals surface area contributed by atoms with E-state index in [9.17, 15) is 14.0 Å². The quantitative estimate of drug-likeness (QED) is 0.659. The van der Waals surface area contributed by atoms with Gasteiger partial charge in [0.25, 0.3) is 5.91 Å². The van der Waals surface area contributed by atoms with Crippen LogP contribution < -0.4 is 10.1 Å². The molecule has 1 aromatic heterocycles. The number of carbonyl (C=O) groups is 2. The lowest BCUT2D eigenvalue weighted by molar-refractivity contribution is 0.0696. The molecule has 0 saturated carbocycles. The molecule has 3 aromatic rings. The average molecular weight is 397 g/mol. The fourth-order valence-electron chi connectivity index (χ4n) is 2.92. The van der Waals surface area contributed by atoms with Crippen LogP contribution in [0.2, 0.25) is 0 Å². The maximum atomic E-state index is 13.5. The fraction of sp³-hybridized carbons (Fsp3) is 0.190. The number of carbonyl (C=O) groups excluding carboxylic acids is 1. The molecule has 0 saturated heterocycles. The molecule has 0 aliphatic carbocycles. The van der Waals surface area contributed by atoms with Crippen LogP contribution in [0.15, 0.2) is 48.5 Å². The van der Waals surface area contributed by atoms with E-state index >= 15 is 0 Å². The van der Waals surface area contributed by atoms with Crippen molar-refractivity contribution in [3.8, 4) is 11.6 Å². The molecule has 1 atom stereocenters. The SMILES string of the molecule is Cc1nn(C)c(Oc2cccc(F)c2)c1C(=O)NC(C)c1ccc(C(=O)O)cc1. The summed E-state index contributed by atoms with van der Waals surface area (Å²) in [7, 11) is 1.63. The van der Waals surface area contributed by atoms with Crippen LogP contribution in [-0.4, -0.2) is 26.8 Å². The lowest BCUT2D eigenvalue weighted by Gasteiger charge is -2.15. The third-order valence-electron chi connectivity index (χ3n) is 4.41. The van der Waals surface area contributed by atoms with Gasteiger partial charge in [0.15, 0.2) is 0 Å². The minimum absolute atomic E-state index is 0.168. The summed E-state index contributed by atoms with van der Waals surface area (Å²) in [5.41, 5.74) is 1.62. The Bertz CT molecular complexity index is 1060. The number of aryl methyl sites for hydroxylation is 2. The normalized spacial score (nSPS) is 11.7. The van der Waals surface area contributed by atoms with Crippen LogP contribution in [0, 0.1) is 12.7 Å². The predicted molar refractivity (Wildman–Crippen MR) is 104 cm³/mol. The van der Waals surface area contributed by atoms with Crippen LogP contribution in [0.25, 0.3) is 0 Å². The summed E-state index contributed by atoms with van der Waals surface area (Å²) in [4.78, 5) is 23.9. The first-order chi connectivity index (χ1) is 13.8. The van der Waals surface area contributed by atoms with Gasteiger partial charge < -0.3 is 15.2 Å². The molecule has 7 nitrogen and oxygen atoms in total. The van der Waals surface area contributed by atoms with Gasteiger partial charge in [0.05, 0.1) is 17.3 Å². The molecule has 0 radical (unpaired) electrons. The van der Waals surface area contributed by atoms with Gasteiger partial charge in [-0.25, -0.2) is 13.9 Å². The Morgan fingerprint density at radius 3 is 2.52 bits per heavy atom. The topological polar surface area (TPSA) is 93.5 Å². The number of aromatic carboxylic acids is 1. The minimum atomic E-state index is -1.02. The number of ether oxygens (including phenoxy) is 1. The van der Waals surface area contributed by atoms with Crippen LogP contribution in [0.1, 0.15) is 44.9 Å². The largest absolute Gasteiger partial charge is 0.478 e. The number of benzene rings is 2. The van der Waals surface area contributed by atoms with Gasteiger partial charge in [0, 0.05) is 13.1 Å². The molecule has 1 heterocycles. The van der Waals surface area contributed by atoms with Crippen LogP contribution in [0.5, 0.6) is 11.6 Å². The molecule has 1 amide bonds. The summed E-state index contributed by atoms with van der Waals surface area (Å²) in [5.74, 6) is -1.43. The van der Waals surface area contributed by atoms with Gasteiger partial charge in [-0.1, -0.05) is 18.2 Å². The highest BCUT2D eigenvalue weighted by Crippen LogP contribution is 2.28.